The van der Waals surface area contributed by atoms with Crippen LogP contribution in [0.15, 0.2) is 164 Å². The summed E-state index contributed by atoms with van der Waals surface area (Å²) in [4.78, 5) is 15.7. The largest absolute Gasteiger partial charge is 0.208 e. The quantitative estimate of drug-likeness (QED) is 0.176. The Bertz CT molecular complexity index is 3200. The van der Waals surface area contributed by atoms with Gasteiger partial charge in [0.25, 0.3) is 0 Å². The van der Waals surface area contributed by atoms with Gasteiger partial charge >= 0.3 is 0 Å². The highest BCUT2D eigenvalue weighted by Gasteiger charge is 2.21. The van der Waals surface area contributed by atoms with E-state index in [1.54, 1.807) is 0 Å². The molecule has 11 rings (SSSR count). The van der Waals surface area contributed by atoms with Gasteiger partial charge in [0.2, 0.25) is 0 Å². The maximum atomic E-state index is 5.32. The molecule has 0 atom stereocenters. The highest BCUT2D eigenvalue weighted by molar-refractivity contribution is 7.27. The van der Waals surface area contributed by atoms with Gasteiger partial charge in [0.1, 0.15) is 0 Å². The molecule has 0 unspecified atom stereocenters. The Morgan fingerprint density at radius 1 is 0.314 bits per heavy atom. The molecule has 236 valence electrons. The molecule has 2 aromatic heterocycles. The van der Waals surface area contributed by atoms with Crippen LogP contribution < -0.4 is 0 Å². The van der Waals surface area contributed by atoms with Crippen LogP contribution in [0.4, 0.5) is 0 Å². The van der Waals surface area contributed by atoms with E-state index in [0.29, 0.717) is 17.5 Å². The van der Waals surface area contributed by atoms with E-state index in [2.05, 4.69) is 146 Å². The van der Waals surface area contributed by atoms with Crippen molar-refractivity contribution in [1.82, 2.24) is 15.0 Å². The lowest BCUT2D eigenvalue weighted by molar-refractivity contribution is 1.08. The maximum Gasteiger partial charge on any atom is 0.164 e. The van der Waals surface area contributed by atoms with Crippen LogP contribution in [-0.4, -0.2) is 15.0 Å². The third-order valence-electron chi connectivity index (χ3n) is 10.2. The first-order chi connectivity index (χ1) is 25.3. The first kappa shape index (κ1) is 28.4. The van der Waals surface area contributed by atoms with E-state index in [1.807, 2.05) is 29.5 Å². The SMILES string of the molecule is c1ccc(-c2nc(-c3ccc4c(ccc5ccccc54)c3)nc(-c3cc4ccc5ccccc5c4c4sc5c6ccccc6ccc5c34)n2)cc1. The Balaban J connectivity index is 1.24. The molecule has 0 aliphatic carbocycles. The van der Waals surface area contributed by atoms with Crippen molar-refractivity contribution in [3.63, 3.8) is 0 Å². The number of hydrogen-bond donors (Lipinski definition) is 0. The van der Waals surface area contributed by atoms with E-state index in [4.69, 9.17) is 15.0 Å². The molecule has 0 saturated heterocycles. The molecule has 2 heterocycles. The third-order valence-corrected chi connectivity index (χ3v) is 11.5. The van der Waals surface area contributed by atoms with Gasteiger partial charge in [0, 0.05) is 42.2 Å². The summed E-state index contributed by atoms with van der Waals surface area (Å²) in [6, 6.07) is 58.4. The monoisotopic (exact) mass is 665 g/mol. The molecule has 0 radical (unpaired) electrons. The second-order valence-electron chi connectivity index (χ2n) is 13.2. The fourth-order valence-electron chi connectivity index (χ4n) is 7.83. The Morgan fingerprint density at radius 3 is 1.67 bits per heavy atom. The van der Waals surface area contributed by atoms with Gasteiger partial charge in [0.15, 0.2) is 17.5 Å². The Morgan fingerprint density at radius 2 is 0.863 bits per heavy atom. The Labute approximate surface area is 297 Å². The molecule has 0 N–H and O–H groups in total. The van der Waals surface area contributed by atoms with E-state index in [-0.39, 0.29) is 0 Å². The standard InChI is InChI=1S/C47H27N3S/c1-2-13-31(14-3-1)45-48-46(34-23-24-36-32(26-34)20-18-28-10-4-7-15-35(28)36)50-47(49-45)40-27-33-21-19-29-11-5-8-16-37(29)41(33)44-42(40)39-25-22-30-12-6-9-17-38(30)43(39)51-44/h1-27H. The molecule has 0 bridgehead atoms. The predicted molar refractivity (Wildman–Crippen MR) is 217 cm³/mol. The van der Waals surface area contributed by atoms with Crippen LogP contribution in [0.25, 0.3) is 108 Å². The second-order valence-corrected chi connectivity index (χ2v) is 14.2. The van der Waals surface area contributed by atoms with Crippen molar-refractivity contribution in [1.29, 1.82) is 0 Å². The smallest absolute Gasteiger partial charge is 0.164 e. The minimum Gasteiger partial charge on any atom is -0.208 e. The van der Waals surface area contributed by atoms with Crippen molar-refractivity contribution in [3.05, 3.63) is 164 Å². The van der Waals surface area contributed by atoms with Gasteiger partial charge in [-0.3, -0.25) is 0 Å². The molecule has 51 heavy (non-hydrogen) atoms. The molecule has 9 aromatic carbocycles. The second kappa shape index (κ2) is 11.0. The van der Waals surface area contributed by atoms with Crippen LogP contribution in [0.5, 0.6) is 0 Å². The first-order valence-electron chi connectivity index (χ1n) is 17.2. The molecule has 0 fully saturated rings. The zero-order valence-corrected chi connectivity index (χ0v) is 28.2. The topological polar surface area (TPSA) is 38.7 Å². The predicted octanol–water partition coefficient (Wildman–Crippen LogP) is 13.0. The van der Waals surface area contributed by atoms with E-state index >= 15 is 0 Å². The summed E-state index contributed by atoms with van der Waals surface area (Å²) in [5.41, 5.74) is 2.93. The van der Waals surface area contributed by atoms with Gasteiger partial charge in [0.05, 0.1) is 0 Å². The number of benzene rings is 9. The molecule has 11 aromatic rings. The van der Waals surface area contributed by atoms with Gasteiger partial charge in [-0.2, -0.15) is 0 Å². The number of rotatable bonds is 3. The lowest BCUT2D eigenvalue weighted by atomic mass is 9.95. The summed E-state index contributed by atoms with van der Waals surface area (Å²) in [5.74, 6) is 1.99. The lowest BCUT2D eigenvalue weighted by Crippen LogP contribution is -2.00. The Kier molecular flexibility index (Phi) is 6.12. The third kappa shape index (κ3) is 4.40. The normalized spacial score (nSPS) is 11.9. The molecule has 0 amide bonds. The van der Waals surface area contributed by atoms with Crippen molar-refractivity contribution in [2.75, 3.05) is 0 Å². The molecule has 0 saturated carbocycles. The van der Waals surface area contributed by atoms with Crippen LogP contribution in [0, 0.1) is 0 Å². The number of thiophene rings is 1. The van der Waals surface area contributed by atoms with Crippen LogP contribution >= 0.6 is 11.3 Å². The molecule has 0 spiro atoms. The summed E-state index contributed by atoms with van der Waals surface area (Å²) >= 11 is 1.88. The minimum atomic E-state index is 0.658. The van der Waals surface area contributed by atoms with Gasteiger partial charge in [-0.1, -0.05) is 152 Å². The fraction of sp³-hybridized carbons (Fsp3) is 0. The summed E-state index contributed by atoms with van der Waals surface area (Å²) in [6.07, 6.45) is 0. The van der Waals surface area contributed by atoms with Crippen molar-refractivity contribution >= 4 is 85.4 Å². The van der Waals surface area contributed by atoms with Gasteiger partial charge in [-0.15, -0.1) is 11.3 Å². The van der Waals surface area contributed by atoms with Crippen LogP contribution in [-0.2, 0) is 0 Å². The number of hydrogen-bond acceptors (Lipinski definition) is 4. The number of fused-ring (bicyclic) bond motifs is 12. The minimum absolute atomic E-state index is 0.658. The number of nitrogens with zero attached hydrogens (tertiary/aromatic N) is 3. The zero-order chi connectivity index (χ0) is 33.5. The molecular formula is C47H27N3S. The fourth-order valence-corrected chi connectivity index (χ4v) is 9.26. The summed E-state index contributed by atoms with van der Waals surface area (Å²) in [6.45, 7) is 0. The van der Waals surface area contributed by atoms with Gasteiger partial charge in [-0.25, -0.2) is 15.0 Å². The van der Waals surface area contributed by atoms with E-state index in [9.17, 15) is 0 Å². The van der Waals surface area contributed by atoms with E-state index in [1.165, 1.54) is 68.6 Å². The van der Waals surface area contributed by atoms with E-state index < -0.39 is 0 Å². The summed E-state index contributed by atoms with van der Waals surface area (Å²) in [7, 11) is 0. The molecular weight excluding hydrogens is 639 g/mol. The van der Waals surface area contributed by atoms with Crippen molar-refractivity contribution < 1.29 is 0 Å². The van der Waals surface area contributed by atoms with E-state index in [0.717, 1.165) is 22.1 Å². The molecule has 4 heteroatoms. The summed E-state index contributed by atoms with van der Waals surface area (Å²) in [5, 5.41) is 14.7. The van der Waals surface area contributed by atoms with Crippen LogP contribution in [0.1, 0.15) is 0 Å². The zero-order valence-electron chi connectivity index (χ0n) is 27.3. The highest BCUT2D eigenvalue weighted by Crippen LogP contribution is 2.47. The number of aromatic nitrogens is 3. The summed E-state index contributed by atoms with van der Waals surface area (Å²) < 4.78 is 2.54. The highest BCUT2D eigenvalue weighted by atomic mass is 32.1. The average Bonchev–Trinajstić information content (AvgIpc) is 3.60. The molecule has 3 nitrogen and oxygen atoms in total. The van der Waals surface area contributed by atoms with Crippen molar-refractivity contribution in [2.45, 2.75) is 0 Å². The average molecular weight is 666 g/mol. The molecule has 0 aliphatic rings. The Hall–Kier alpha value is -6.49. The maximum absolute atomic E-state index is 5.32. The molecule has 0 aliphatic heterocycles. The lowest BCUT2D eigenvalue weighted by Gasteiger charge is -2.13. The van der Waals surface area contributed by atoms with Crippen molar-refractivity contribution in [2.24, 2.45) is 0 Å². The van der Waals surface area contributed by atoms with Gasteiger partial charge in [-0.05, 0) is 60.6 Å². The van der Waals surface area contributed by atoms with Gasteiger partial charge < -0.3 is 0 Å². The first-order valence-corrected chi connectivity index (χ1v) is 18.0. The van der Waals surface area contributed by atoms with Crippen molar-refractivity contribution in [3.8, 4) is 34.2 Å². The van der Waals surface area contributed by atoms with Crippen LogP contribution in [0.3, 0.4) is 0 Å². The van der Waals surface area contributed by atoms with Crippen LogP contribution in [0.2, 0.25) is 0 Å².